The van der Waals surface area contributed by atoms with Crippen LogP contribution in [0.1, 0.15) is 57.6 Å². The van der Waals surface area contributed by atoms with Gasteiger partial charge in [-0.25, -0.2) is 0 Å². The van der Waals surface area contributed by atoms with E-state index < -0.39 is 10.1 Å². The number of benzene rings is 1. The van der Waals surface area contributed by atoms with E-state index in [4.69, 9.17) is 4.55 Å². The van der Waals surface area contributed by atoms with Crippen LogP contribution >= 0.6 is 0 Å². The molecule has 114 valence electrons. The Morgan fingerprint density at radius 3 is 2.15 bits per heavy atom. The van der Waals surface area contributed by atoms with Crippen molar-refractivity contribution < 1.29 is 13.0 Å². The predicted molar refractivity (Wildman–Crippen MR) is 83.7 cm³/mol. The molecule has 1 rings (SSSR count). The lowest BCUT2D eigenvalue weighted by Gasteiger charge is -2.23. The third-order valence-corrected chi connectivity index (χ3v) is 4.79. The van der Waals surface area contributed by atoms with E-state index in [0.717, 1.165) is 25.7 Å². The van der Waals surface area contributed by atoms with Crippen LogP contribution < -0.4 is 0 Å². The molecule has 0 fully saturated rings. The van der Waals surface area contributed by atoms with Crippen molar-refractivity contribution in [3.05, 3.63) is 35.4 Å². The van der Waals surface area contributed by atoms with Gasteiger partial charge in [-0.3, -0.25) is 4.55 Å². The summed E-state index contributed by atoms with van der Waals surface area (Å²) in [5, 5.41) is 0. The van der Waals surface area contributed by atoms with Gasteiger partial charge in [0.15, 0.2) is 0 Å². The molecule has 3 nitrogen and oxygen atoms in total. The summed E-state index contributed by atoms with van der Waals surface area (Å²) >= 11 is 0. The zero-order valence-electron chi connectivity index (χ0n) is 12.7. The fourth-order valence-corrected chi connectivity index (χ4v) is 2.69. The summed E-state index contributed by atoms with van der Waals surface area (Å²) in [6.45, 7) is 6.69. The Morgan fingerprint density at radius 1 is 1.05 bits per heavy atom. The average molecular weight is 298 g/mol. The smallest absolute Gasteiger partial charge is 0.264 e. The van der Waals surface area contributed by atoms with Crippen molar-refractivity contribution in [2.45, 2.75) is 58.3 Å². The molecule has 1 N–H and O–H groups in total. The summed E-state index contributed by atoms with van der Waals surface area (Å²) in [4.78, 5) is 0. The van der Waals surface area contributed by atoms with Gasteiger partial charge in [-0.2, -0.15) is 8.42 Å². The molecule has 0 aliphatic heterocycles. The average Bonchev–Trinajstić information content (AvgIpc) is 2.37. The van der Waals surface area contributed by atoms with Crippen LogP contribution in [0.25, 0.3) is 0 Å². The highest BCUT2D eigenvalue weighted by Crippen LogP contribution is 2.26. The lowest BCUT2D eigenvalue weighted by molar-refractivity contribution is 0.479. The van der Waals surface area contributed by atoms with Crippen molar-refractivity contribution in [3.8, 4) is 0 Å². The third-order valence-electron chi connectivity index (χ3n) is 3.99. The van der Waals surface area contributed by atoms with E-state index in [2.05, 4.69) is 45.0 Å². The fraction of sp³-hybridized carbons (Fsp3) is 0.625. The second-order valence-corrected chi connectivity index (χ2v) is 7.60. The van der Waals surface area contributed by atoms with Gasteiger partial charge in [-0.1, -0.05) is 51.5 Å². The van der Waals surface area contributed by atoms with Gasteiger partial charge in [0.05, 0.1) is 5.75 Å². The van der Waals surface area contributed by atoms with E-state index in [1.165, 1.54) is 11.1 Å². The first-order valence-corrected chi connectivity index (χ1v) is 8.90. The first-order valence-electron chi connectivity index (χ1n) is 7.29. The van der Waals surface area contributed by atoms with Crippen LogP contribution in [-0.4, -0.2) is 18.7 Å². The Labute approximate surface area is 123 Å². The molecular formula is C16H26O3S. The van der Waals surface area contributed by atoms with Crippen LogP contribution in [0, 0.1) is 0 Å². The van der Waals surface area contributed by atoms with E-state index in [1.54, 1.807) is 0 Å². The van der Waals surface area contributed by atoms with Gasteiger partial charge in [0.2, 0.25) is 0 Å². The fourth-order valence-electron chi connectivity index (χ4n) is 2.12. The van der Waals surface area contributed by atoms with Crippen LogP contribution in [-0.2, 0) is 22.0 Å². The summed E-state index contributed by atoms with van der Waals surface area (Å²) in [6.07, 6.45) is 4.37. The number of hydrogen-bond acceptors (Lipinski definition) is 2. The molecule has 0 saturated heterocycles. The topological polar surface area (TPSA) is 54.4 Å². The minimum atomic E-state index is -3.79. The van der Waals surface area contributed by atoms with Crippen molar-refractivity contribution in [2.24, 2.45) is 0 Å². The maximum atomic E-state index is 10.6. The number of hydrogen-bond donors (Lipinski definition) is 1. The zero-order valence-corrected chi connectivity index (χ0v) is 13.5. The minimum Gasteiger partial charge on any atom is -0.286 e. The van der Waals surface area contributed by atoms with E-state index >= 15 is 0 Å². The lowest BCUT2D eigenvalue weighted by Crippen LogP contribution is -2.15. The van der Waals surface area contributed by atoms with Crippen LogP contribution in [0.5, 0.6) is 0 Å². The van der Waals surface area contributed by atoms with Crippen LogP contribution in [0.4, 0.5) is 0 Å². The van der Waals surface area contributed by atoms with Crippen LogP contribution in [0.15, 0.2) is 24.3 Å². The molecule has 1 aromatic rings. The van der Waals surface area contributed by atoms with Gasteiger partial charge in [-0.05, 0) is 42.2 Å². The molecule has 0 amide bonds. The molecule has 0 saturated carbocycles. The second kappa shape index (κ2) is 7.23. The SMILES string of the molecule is CCC(C)(C)c1ccc(CCCCCS(=O)(=O)O)cc1. The Hall–Kier alpha value is -0.870. The van der Waals surface area contributed by atoms with E-state index in [-0.39, 0.29) is 11.2 Å². The highest BCUT2D eigenvalue weighted by molar-refractivity contribution is 7.85. The highest BCUT2D eigenvalue weighted by atomic mass is 32.2. The molecule has 0 aliphatic rings. The number of unbranched alkanes of at least 4 members (excludes halogenated alkanes) is 2. The molecule has 0 bridgehead atoms. The molecule has 1 aromatic carbocycles. The molecule has 0 spiro atoms. The van der Waals surface area contributed by atoms with Crippen molar-refractivity contribution in [2.75, 3.05) is 5.75 Å². The summed E-state index contributed by atoms with van der Waals surface area (Å²) in [6, 6.07) is 8.71. The largest absolute Gasteiger partial charge is 0.286 e. The first kappa shape index (κ1) is 17.2. The maximum absolute atomic E-state index is 10.6. The number of rotatable bonds is 8. The van der Waals surface area contributed by atoms with Crippen LogP contribution in [0.3, 0.4) is 0 Å². The summed E-state index contributed by atoms with van der Waals surface area (Å²) < 4.78 is 29.8. The molecular weight excluding hydrogens is 272 g/mol. The molecule has 0 unspecified atom stereocenters. The molecule has 0 radical (unpaired) electrons. The van der Waals surface area contributed by atoms with Crippen molar-refractivity contribution in [3.63, 3.8) is 0 Å². The quantitative estimate of drug-likeness (QED) is 0.583. The van der Waals surface area contributed by atoms with Gasteiger partial charge >= 0.3 is 0 Å². The van der Waals surface area contributed by atoms with Gasteiger partial charge in [-0.15, -0.1) is 0 Å². The predicted octanol–water partition coefficient (Wildman–Crippen LogP) is 3.97. The van der Waals surface area contributed by atoms with Crippen molar-refractivity contribution in [1.82, 2.24) is 0 Å². The third kappa shape index (κ3) is 6.06. The van der Waals surface area contributed by atoms with Crippen molar-refractivity contribution in [1.29, 1.82) is 0 Å². The molecule has 0 aromatic heterocycles. The molecule has 20 heavy (non-hydrogen) atoms. The maximum Gasteiger partial charge on any atom is 0.264 e. The monoisotopic (exact) mass is 298 g/mol. The standard InChI is InChI=1S/C16H26O3S/c1-4-16(2,3)15-11-9-14(10-12-15)8-6-5-7-13-20(17,18)19/h9-12H,4-8,13H2,1-3H3,(H,17,18,19). The van der Waals surface area contributed by atoms with Gasteiger partial charge in [0, 0.05) is 0 Å². The molecule has 0 atom stereocenters. The van der Waals surface area contributed by atoms with Gasteiger partial charge < -0.3 is 0 Å². The zero-order chi connectivity index (χ0) is 15.2. The van der Waals surface area contributed by atoms with E-state index in [0.29, 0.717) is 6.42 Å². The highest BCUT2D eigenvalue weighted by Gasteiger charge is 2.17. The lowest BCUT2D eigenvalue weighted by atomic mass is 9.82. The van der Waals surface area contributed by atoms with Gasteiger partial charge in [0.25, 0.3) is 10.1 Å². The van der Waals surface area contributed by atoms with E-state index in [9.17, 15) is 8.42 Å². The van der Waals surface area contributed by atoms with Crippen LogP contribution in [0.2, 0.25) is 0 Å². The summed E-state index contributed by atoms with van der Waals surface area (Å²) in [5.74, 6) is -0.128. The normalized spacial score (nSPS) is 12.6. The molecule has 0 aliphatic carbocycles. The Morgan fingerprint density at radius 2 is 1.65 bits per heavy atom. The number of aryl methyl sites for hydroxylation is 1. The first-order chi connectivity index (χ1) is 9.24. The Kier molecular flexibility index (Phi) is 6.21. The van der Waals surface area contributed by atoms with Gasteiger partial charge in [0.1, 0.15) is 0 Å². The van der Waals surface area contributed by atoms with Crippen molar-refractivity contribution >= 4 is 10.1 Å². The Balaban J connectivity index is 2.39. The molecule has 4 heteroatoms. The van der Waals surface area contributed by atoms with E-state index in [1.807, 2.05) is 0 Å². The summed E-state index contributed by atoms with van der Waals surface area (Å²) in [7, 11) is -3.79. The second-order valence-electron chi connectivity index (χ2n) is 6.03. The summed E-state index contributed by atoms with van der Waals surface area (Å²) in [5.41, 5.74) is 2.86. The minimum absolute atomic E-state index is 0.128. The molecule has 0 heterocycles. The Bertz CT molecular complexity index is 501.